The van der Waals surface area contributed by atoms with Gasteiger partial charge >= 0.3 is 0 Å². The lowest BCUT2D eigenvalue weighted by molar-refractivity contribution is -0.132. The maximum atomic E-state index is 14.0. The molecule has 3 aromatic rings. The molecule has 1 amide bonds. The molecule has 170 valence electrons. The van der Waals surface area contributed by atoms with Crippen molar-refractivity contribution >= 4 is 22.9 Å². The fourth-order valence-electron chi connectivity index (χ4n) is 3.92. The Kier molecular flexibility index (Phi) is 6.05. The van der Waals surface area contributed by atoms with E-state index in [4.69, 9.17) is 5.73 Å². The van der Waals surface area contributed by atoms with Gasteiger partial charge in [-0.3, -0.25) is 9.78 Å². The molecule has 1 aromatic carbocycles. The van der Waals surface area contributed by atoms with E-state index in [2.05, 4.69) is 9.97 Å². The van der Waals surface area contributed by atoms with Gasteiger partial charge in [0.05, 0.1) is 28.8 Å². The maximum absolute atomic E-state index is 14.0. The molecule has 1 saturated heterocycles. The van der Waals surface area contributed by atoms with E-state index in [1.807, 2.05) is 19.1 Å². The first-order valence-corrected chi connectivity index (χ1v) is 10.4. The standard InChI is InChI=1S/C22H25F3N6O/c1-13(18-5-3-4-7-27-18)29(2)21(32)12-31-20-10-16(25)15(24)9-19(20)28-22(31)30-8-6-14(23)17(26)11-30/h3-5,7,9-10,13-14,17H,6,8,11-12,26H2,1-2H3/t13-,14-,17-/m1/s1. The van der Waals surface area contributed by atoms with Crippen molar-refractivity contribution < 1.29 is 18.0 Å². The zero-order valence-corrected chi connectivity index (χ0v) is 17.9. The van der Waals surface area contributed by atoms with Gasteiger partial charge in [-0.2, -0.15) is 0 Å². The Balaban J connectivity index is 1.68. The second-order valence-electron chi connectivity index (χ2n) is 8.10. The average Bonchev–Trinajstić information content (AvgIpc) is 3.12. The first-order valence-electron chi connectivity index (χ1n) is 10.4. The van der Waals surface area contributed by atoms with Crippen LogP contribution in [0, 0.1) is 11.6 Å². The van der Waals surface area contributed by atoms with Crippen molar-refractivity contribution in [3.8, 4) is 0 Å². The summed E-state index contributed by atoms with van der Waals surface area (Å²) in [5, 5.41) is 0. The van der Waals surface area contributed by atoms with Crippen LogP contribution in [0.4, 0.5) is 19.1 Å². The highest BCUT2D eigenvalue weighted by atomic mass is 19.2. The number of carbonyl (C=O) groups is 1. The van der Waals surface area contributed by atoms with E-state index in [0.29, 0.717) is 12.5 Å². The molecule has 1 aliphatic rings. The number of aromatic nitrogens is 3. The number of benzene rings is 1. The monoisotopic (exact) mass is 446 g/mol. The molecule has 10 heteroatoms. The molecule has 0 saturated carbocycles. The van der Waals surface area contributed by atoms with Crippen LogP contribution in [0.15, 0.2) is 36.5 Å². The minimum absolute atomic E-state index is 0.157. The first kappa shape index (κ1) is 22.1. The SMILES string of the molecule is C[C@H](c1ccccn1)N(C)C(=O)Cn1c(N2CC[C@@H](F)[C@H](N)C2)nc2cc(F)c(F)cc21. The van der Waals surface area contributed by atoms with E-state index in [1.165, 1.54) is 9.47 Å². The molecule has 4 rings (SSSR count). The number of anilines is 1. The van der Waals surface area contributed by atoms with Gasteiger partial charge in [-0.1, -0.05) is 6.07 Å². The molecule has 2 aromatic heterocycles. The van der Waals surface area contributed by atoms with Crippen LogP contribution in [0.2, 0.25) is 0 Å². The van der Waals surface area contributed by atoms with Crippen LogP contribution in [-0.2, 0) is 11.3 Å². The summed E-state index contributed by atoms with van der Waals surface area (Å²) >= 11 is 0. The number of carbonyl (C=O) groups excluding carboxylic acids is 1. The lowest BCUT2D eigenvalue weighted by atomic mass is 10.1. The molecule has 0 spiro atoms. The summed E-state index contributed by atoms with van der Waals surface area (Å²) in [6.45, 7) is 2.21. The van der Waals surface area contributed by atoms with E-state index in [-0.39, 0.29) is 42.5 Å². The van der Waals surface area contributed by atoms with Gasteiger partial charge in [-0.15, -0.1) is 0 Å². The van der Waals surface area contributed by atoms with Gasteiger partial charge in [0.2, 0.25) is 11.9 Å². The Bertz CT molecular complexity index is 1120. The molecule has 7 nitrogen and oxygen atoms in total. The minimum Gasteiger partial charge on any atom is -0.340 e. The zero-order valence-electron chi connectivity index (χ0n) is 17.9. The minimum atomic E-state index is -1.13. The van der Waals surface area contributed by atoms with E-state index < -0.39 is 23.8 Å². The normalized spacial score (nSPS) is 19.9. The first-order chi connectivity index (χ1) is 15.3. The summed E-state index contributed by atoms with van der Waals surface area (Å²) in [6, 6.07) is 6.47. The number of nitrogens with two attached hydrogens (primary N) is 1. The third kappa shape index (κ3) is 4.14. The van der Waals surface area contributed by atoms with Crippen molar-refractivity contribution in [1.82, 2.24) is 19.4 Å². The number of alkyl halides is 1. The third-order valence-electron chi connectivity index (χ3n) is 6.01. The highest BCUT2D eigenvalue weighted by Crippen LogP contribution is 2.28. The lowest BCUT2D eigenvalue weighted by Gasteiger charge is -2.34. The molecule has 3 atom stereocenters. The summed E-state index contributed by atoms with van der Waals surface area (Å²) in [4.78, 5) is 25.2. The smallest absolute Gasteiger partial charge is 0.242 e. The molecule has 1 fully saturated rings. The molecule has 0 aliphatic carbocycles. The number of amides is 1. The molecule has 3 heterocycles. The van der Waals surface area contributed by atoms with E-state index >= 15 is 0 Å². The molecule has 0 radical (unpaired) electrons. The number of halogens is 3. The summed E-state index contributed by atoms with van der Waals surface area (Å²) in [5.41, 5.74) is 7.11. The largest absolute Gasteiger partial charge is 0.340 e. The zero-order chi connectivity index (χ0) is 23.0. The third-order valence-corrected chi connectivity index (χ3v) is 6.01. The number of likely N-dealkylation sites (N-methyl/N-ethyl adjacent to an activating group) is 1. The Morgan fingerprint density at radius 1 is 1.31 bits per heavy atom. The number of hydrogen-bond donors (Lipinski definition) is 1. The second-order valence-corrected chi connectivity index (χ2v) is 8.10. The average molecular weight is 446 g/mol. The van der Waals surface area contributed by atoms with E-state index in [9.17, 15) is 18.0 Å². The Morgan fingerprint density at radius 3 is 2.75 bits per heavy atom. The van der Waals surface area contributed by atoms with Crippen molar-refractivity contribution in [3.05, 3.63) is 53.9 Å². The van der Waals surface area contributed by atoms with Gasteiger partial charge in [-0.25, -0.2) is 18.2 Å². The van der Waals surface area contributed by atoms with Crippen molar-refractivity contribution in [2.45, 2.75) is 38.1 Å². The van der Waals surface area contributed by atoms with Crippen LogP contribution in [-0.4, -0.2) is 57.7 Å². The molecule has 32 heavy (non-hydrogen) atoms. The van der Waals surface area contributed by atoms with Gasteiger partial charge < -0.3 is 20.1 Å². The van der Waals surface area contributed by atoms with E-state index in [0.717, 1.165) is 17.8 Å². The molecule has 2 N–H and O–H groups in total. The summed E-state index contributed by atoms with van der Waals surface area (Å²) in [5.74, 6) is -2.00. The number of fused-ring (bicyclic) bond motifs is 1. The van der Waals surface area contributed by atoms with Crippen molar-refractivity contribution in [3.63, 3.8) is 0 Å². The number of imidazole rings is 1. The van der Waals surface area contributed by atoms with Gasteiger partial charge in [0.15, 0.2) is 11.6 Å². The van der Waals surface area contributed by atoms with Crippen LogP contribution >= 0.6 is 0 Å². The van der Waals surface area contributed by atoms with Gasteiger partial charge in [-0.05, 0) is 25.5 Å². The molecule has 0 bridgehead atoms. The number of pyridine rings is 1. The summed E-state index contributed by atoms with van der Waals surface area (Å²) < 4.78 is 43.3. The van der Waals surface area contributed by atoms with Crippen LogP contribution in [0.3, 0.4) is 0 Å². The topological polar surface area (TPSA) is 80.3 Å². The molecule has 0 unspecified atom stereocenters. The number of piperidine rings is 1. The Labute approximate surface area is 183 Å². The van der Waals surface area contributed by atoms with Crippen molar-refractivity contribution in [1.29, 1.82) is 0 Å². The predicted molar refractivity (Wildman–Crippen MR) is 115 cm³/mol. The molecule has 1 aliphatic heterocycles. The second kappa shape index (κ2) is 8.78. The predicted octanol–water partition coefficient (Wildman–Crippen LogP) is 2.80. The maximum Gasteiger partial charge on any atom is 0.242 e. The Hall–Kier alpha value is -3.14. The highest BCUT2D eigenvalue weighted by molar-refractivity contribution is 5.83. The number of hydrogen-bond acceptors (Lipinski definition) is 5. The van der Waals surface area contributed by atoms with Crippen LogP contribution < -0.4 is 10.6 Å². The van der Waals surface area contributed by atoms with Gasteiger partial charge in [0.1, 0.15) is 12.7 Å². The van der Waals surface area contributed by atoms with Gasteiger partial charge in [0.25, 0.3) is 0 Å². The quantitative estimate of drug-likeness (QED) is 0.652. The summed E-state index contributed by atoms with van der Waals surface area (Å²) in [7, 11) is 1.66. The van der Waals surface area contributed by atoms with Crippen LogP contribution in [0.25, 0.3) is 11.0 Å². The Morgan fingerprint density at radius 2 is 2.06 bits per heavy atom. The number of rotatable bonds is 5. The fourth-order valence-corrected chi connectivity index (χ4v) is 3.92. The van der Waals surface area contributed by atoms with Crippen molar-refractivity contribution in [2.75, 3.05) is 25.0 Å². The van der Waals surface area contributed by atoms with Crippen LogP contribution in [0.5, 0.6) is 0 Å². The molecular formula is C22H25F3N6O. The van der Waals surface area contributed by atoms with Gasteiger partial charge in [0, 0.05) is 38.5 Å². The fraction of sp³-hybridized carbons (Fsp3) is 0.409. The van der Waals surface area contributed by atoms with E-state index in [1.54, 1.807) is 24.2 Å². The molecular weight excluding hydrogens is 421 g/mol. The lowest BCUT2D eigenvalue weighted by Crippen LogP contribution is -2.50. The van der Waals surface area contributed by atoms with Crippen LogP contribution in [0.1, 0.15) is 25.1 Å². The highest BCUT2D eigenvalue weighted by Gasteiger charge is 2.30. The van der Waals surface area contributed by atoms with Crippen molar-refractivity contribution in [2.24, 2.45) is 5.73 Å². The summed E-state index contributed by atoms with van der Waals surface area (Å²) in [6.07, 6.45) is 0.726. The number of nitrogens with zero attached hydrogens (tertiary/aromatic N) is 5.